The SMILES string of the molecule is COc1ncccc1COC(=O)c1c[nH]c2ccccc12. The number of nitrogens with one attached hydrogen (secondary N) is 1. The molecule has 0 bridgehead atoms. The summed E-state index contributed by atoms with van der Waals surface area (Å²) in [5, 5.41) is 0.848. The lowest BCUT2D eigenvalue weighted by atomic mass is 10.2. The lowest BCUT2D eigenvalue weighted by molar-refractivity contribution is 0.0472. The summed E-state index contributed by atoms with van der Waals surface area (Å²) in [6, 6.07) is 11.2. The third-order valence-corrected chi connectivity index (χ3v) is 3.21. The van der Waals surface area contributed by atoms with Crippen LogP contribution in [0.25, 0.3) is 10.9 Å². The molecule has 0 radical (unpaired) electrons. The van der Waals surface area contributed by atoms with E-state index in [9.17, 15) is 4.79 Å². The van der Waals surface area contributed by atoms with Crippen LogP contribution < -0.4 is 4.74 Å². The summed E-state index contributed by atoms with van der Waals surface area (Å²) in [7, 11) is 1.54. The third kappa shape index (κ3) is 2.58. The largest absolute Gasteiger partial charge is 0.481 e. The van der Waals surface area contributed by atoms with Crippen molar-refractivity contribution < 1.29 is 14.3 Å². The standard InChI is InChI=1S/C16H14N2O3/c1-20-15-11(5-4-8-17-15)10-21-16(19)13-9-18-14-7-3-2-6-12(13)14/h2-9,18H,10H2,1H3. The van der Waals surface area contributed by atoms with Crippen molar-refractivity contribution in [2.75, 3.05) is 7.11 Å². The predicted octanol–water partition coefficient (Wildman–Crippen LogP) is 2.93. The molecule has 0 aliphatic carbocycles. The minimum Gasteiger partial charge on any atom is -0.481 e. The Morgan fingerprint density at radius 1 is 1.24 bits per heavy atom. The molecule has 0 fully saturated rings. The Morgan fingerprint density at radius 3 is 2.95 bits per heavy atom. The second-order valence-electron chi connectivity index (χ2n) is 4.50. The molecule has 3 rings (SSSR count). The van der Waals surface area contributed by atoms with Crippen LogP contribution in [0.2, 0.25) is 0 Å². The second-order valence-corrected chi connectivity index (χ2v) is 4.50. The average molecular weight is 282 g/mol. The number of hydrogen-bond acceptors (Lipinski definition) is 4. The first-order valence-electron chi connectivity index (χ1n) is 6.50. The molecule has 0 spiro atoms. The molecule has 0 unspecified atom stereocenters. The van der Waals surface area contributed by atoms with E-state index in [1.807, 2.05) is 30.3 Å². The fraction of sp³-hybridized carbons (Fsp3) is 0.125. The number of esters is 1. The van der Waals surface area contributed by atoms with E-state index in [1.54, 1.807) is 18.5 Å². The molecule has 2 aromatic heterocycles. The summed E-state index contributed by atoms with van der Waals surface area (Å²) in [5.41, 5.74) is 2.16. The predicted molar refractivity (Wildman–Crippen MR) is 78.2 cm³/mol. The number of nitrogens with zero attached hydrogens (tertiary/aromatic N) is 1. The molecular formula is C16H14N2O3. The highest BCUT2D eigenvalue weighted by Gasteiger charge is 2.14. The Morgan fingerprint density at radius 2 is 2.10 bits per heavy atom. The molecule has 5 nitrogen and oxygen atoms in total. The molecule has 2 heterocycles. The molecular weight excluding hydrogens is 268 g/mol. The number of pyridine rings is 1. The number of fused-ring (bicyclic) bond motifs is 1. The van der Waals surface area contributed by atoms with Crippen LogP contribution in [0.5, 0.6) is 5.88 Å². The number of ether oxygens (including phenoxy) is 2. The van der Waals surface area contributed by atoms with Crippen LogP contribution in [-0.4, -0.2) is 23.0 Å². The second kappa shape index (κ2) is 5.66. The first kappa shape index (κ1) is 13.2. The number of rotatable bonds is 4. The van der Waals surface area contributed by atoms with Crippen LogP contribution in [0.1, 0.15) is 15.9 Å². The van der Waals surface area contributed by atoms with E-state index in [0.29, 0.717) is 11.4 Å². The molecule has 1 aromatic carbocycles. The van der Waals surface area contributed by atoms with E-state index < -0.39 is 0 Å². The number of methoxy groups -OCH3 is 1. The molecule has 5 heteroatoms. The first-order chi connectivity index (χ1) is 10.3. The monoisotopic (exact) mass is 282 g/mol. The summed E-state index contributed by atoms with van der Waals surface area (Å²) in [6.07, 6.45) is 3.29. The number of aromatic amines is 1. The number of hydrogen-bond donors (Lipinski definition) is 1. The van der Waals surface area contributed by atoms with E-state index in [0.717, 1.165) is 16.5 Å². The molecule has 1 N–H and O–H groups in total. The lowest BCUT2D eigenvalue weighted by Gasteiger charge is -2.07. The van der Waals surface area contributed by atoms with Gasteiger partial charge in [0.1, 0.15) is 6.61 Å². The topological polar surface area (TPSA) is 64.2 Å². The molecule has 106 valence electrons. The van der Waals surface area contributed by atoms with Gasteiger partial charge in [-0.3, -0.25) is 0 Å². The summed E-state index contributed by atoms with van der Waals surface area (Å²) in [4.78, 5) is 19.3. The first-order valence-corrected chi connectivity index (χ1v) is 6.50. The van der Waals surface area contributed by atoms with Crippen LogP contribution in [0, 0.1) is 0 Å². The van der Waals surface area contributed by atoms with Crippen molar-refractivity contribution >= 4 is 16.9 Å². The molecule has 0 aliphatic rings. The normalized spacial score (nSPS) is 10.5. The molecule has 0 saturated carbocycles. The Bertz CT molecular complexity index is 780. The Balaban J connectivity index is 1.78. The summed E-state index contributed by atoms with van der Waals surface area (Å²) < 4.78 is 10.5. The molecule has 3 aromatic rings. The summed E-state index contributed by atoms with van der Waals surface area (Å²) >= 11 is 0. The van der Waals surface area contributed by atoms with Gasteiger partial charge < -0.3 is 14.5 Å². The van der Waals surface area contributed by atoms with E-state index >= 15 is 0 Å². The zero-order valence-corrected chi connectivity index (χ0v) is 11.5. The van der Waals surface area contributed by atoms with Gasteiger partial charge in [0, 0.05) is 23.3 Å². The number of carbonyl (C=O) groups is 1. The van der Waals surface area contributed by atoms with E-state index in [4.69, 9.17) is 9.47 Å². The van der Waals surface area contributed by atoms with Crippen LogP contribution in [-0.2, 0) is 11.3 Å². The third-order valence-electron chi connectivity index (χ3n) is 3.21. The van der Waals surface area contributed by atoms with Crippen LogP contribution in [0.15, 0.2) is 48.8 Å². The fourth-order valence-electron chi connectivity index (χ4n) is 2.18. The van der Waals surface area contributed by atoms with Crippen LogP contribution in [0.4, 0.5) is 0 Å². The summed E-state index contributed by atoms with van der Waals surface area (Å²) in [6.45, 7) is 0.120. The maximum atomic E-state index is 12.2. The Labute approximate surface area is 121 Å². The van der Waals surface area contributed by atoms with E-state index in [2.05, 4.69) is 9.97 Å². The van der Waals surface area contributed by atoms with Gasteiger partial charge >= 0.3 is 5.97 Å². The molecule has 0 atom stereocenters. The minimum absolute atomic E-state index is 0.120. The number of benzene rings is 1. The van der Waals surface area contributed by atoms with Crippen molar-refractivity contribution in [1.29, 1.82) is 0 Å². The van der Waals surface area contributed by atoms with Crippen LogP contribution in [0.3, 0.4) is 0 Å². The van der Waals surface area contributed by atoms with E-state index in [1.165, 1.54) is 7.11 Å². The maximum absolute atomic E-state index is 12.2. The number of H-pyrrole nitrogens is 1. The zero-order chi connectivity index (χ0) is 14.7. The van der Waals surface area contributed by atoms with Gasteiger partial charge in [-0.2, -0.15) is 0 Å². The van der Waals surface area contributed by atoms with Gasteiger partial charge in [0.2, 0.25) is 5.88 Å². The molecule has 0 saturated heterocycles. The van der Waals surface area contributed by atoms with Crippen molar-refractivity contribution in [3.8, 4) is 5.88 Å². The fourth-order valence-corrected chi connectivity index (χ4v) is 2.18. The number of carbonyl (C=O) groups excluding carboxylic acids is 1. The molecule has 0 amide bonds. The Kier molecular flexibility index (Phi) is 3.55. The van der Waals surface area contributed by atoms with Crippen molar-refractivity contribution in [2.45, 2.75) is 6.61 Å². The minimum atomic E-state index is -0.377. The van der Waals surface area contributed by atoms with E-state index in [-0.39, 0.29) is 12.6 Å². The van der Waals surface area contributed by atoms with Gasteiger partial charge in [0.05, 0.1) is 18.2 Å². The lowest BCUT2D eigenvalue weighted by Crippen LogP contribution is -2.06. The van der Waals surface area contributed by atoms with Crippen molar-refractivity contribution in [3.05, 3.63) is 59.9 Å². The molecule has 21 heavy (non-hydrogen) atoms. The number of aromatic nitrogens is 2. The highest BCUT2D eigenvalue weighted by atomic mass is 16.5. The highest BCUT2D eigenvalue weighted by molar-refractivity contribution is 6.03. The average Bonchev–Trinajstić information content (AvgIpc) is 2.97. The van der Waals surface area contributed by atoms with Gasteiger partial charge in [-0.25, -0.2) is 9.78 Å². The van der Waals surface area contributed by atoms with Crippen molar-refractivity contribution in [1.82, 2.24) is 9.97 Å². The smallest absolute Gasteiger partial charge is 0.340 e. The van der Waals surface area contributed by atoms with Gasteiger partial charge in [-0.1, -0.05) is 18.2 Å². The summed E-state index contributed by atoms with van der Waals surface area (Å²) in [5.74, 6) is 0.0857. The van der Waals surface area contributed by atoms with Gasteiger partial charge in [-0.15, -0.1) is 0 Å². The number of para-hydroxylation sites is 1. The zero-order valence-electron chi connectivity index (χ0n) is 11.5. The van der Waals surface area contributed by atoms with Crippen molar-refractivity contribution in [2.24, 2.45) is 0 Å². The van der Waals surface area contributed by atoms with Gasteiger partial charge in [0.15, 0.2) is 0 Å². The quantitative estimate of drug-likeness (QED) is 0.747. The van der Waals surface area contributed by atoms with Gasteiger partial charge in [-0.05, 0) is 18.2 Å². The van der Waals surface area contributed by atoms with Gasteiger partial charge in [0.25, 0.3) is 0 Å². The molecule has 0 aliphatic heterocycles. The van der Waals surface area contributed by atoms with Crippen LogP contribution >= 0.6 is 0 Å². The van der Waals surface area contributed by atoms with Crippen molar-refractivity contribution in [3.63, 3.8) is 0 Å². The Hall–Kier alpha value is -2.82. The maximum Gasteiger partial charge on any atom is 0.340 e. The highest BCUT2D eigenvalue weighted by Crippen LogP contribution is 2.20.